The van der Waals surface area contributed by atoms with Gasteiger partial charge in [-0.2, -0.15) is 5.10 Å². The molecule has 3 aromatic carbocycles. The van der Waals surface area contributed by atoms with Crippen molar-refractivity contribution in [2.45, 2.75) is 20.4 Å². The Morgan fingerprint density at radius 3 is 2.51 bits per heavy atom. The Labute approximate surface area is 238 Å². The monoisotopic (exact) mass is 570 g/mol. The highest BCUT2D eigenvalue weighted by Gasteiger charge is 2.24. The summed E-state index contributed by atoms with van der Waals surface area (Å²) >= 11 is 0. The van der Waals surface area contributed by atoms with E-state index < -0.39 is 9.84 Å². The molecule has 0 radical (unpaired) electrons. The summed E-state index contributed by atoms with van der Waals surface area (Å²) in [5.74, 6) is 0.608. The number of methoxy groups -OCH3 is 1. The molecule has 0 saturated carbocycles. The number of aromatic hydroxyl groups is 1. The number of benzene rings is 3. The number of carbonyl (C=O) groups is 1. The number of nitrogens with zero attached hydrogens (tertiary/aromatic N) is 3. The van der Waals surface area contributed by atoms with E-state index in [9.17, 15) is 18.3 Å². The molecule has 9 nitrogen and oxygen atoms in total. The molecule has 5 aromatic rings. The number of aryl methyl sites for hydroxylation is 1. The molecule has 0 aliphatic carbocycles. The molecule has 2 heterocycles. The second-order valence-corrected chi connectivity index (χ2v) is 11.9. The molecule has 210 valence electrons. The van der Waals surface area contributed by atoms with Gasteiger partial charge in [0.2, 0.25) is 5.78 Å². The van der Waals surface area contributed by atoms with Crippen LogP contribution < -0.4 is 10.5 Å². The van der Waals surface area contributed by atoms with Crippen LogP contribution in [0.15, 0.2) is 72.3 Å². The lowest BCUT2D eigenvalue weighted by molar-refractivity contribution is 0.103. The molecule has 0 unspecified atom stereocenters. The van der Waals surface area contributed by atoms with Crippen LogP contribution in [0.5, 0.6) is 11.5 Å². The highest BCUT2D eigenvalue weighted by molar-refractivity contribution is 7.93. The Bertz CT molecular complexity index is 1930. The first-order valence-corrected chi connectivity index (χ1v) is 14.7. The molecular formula is C31H30N4O5S. The number of hydrogen-bond donors (Lipinski definition) is 2. The van der Waals surface area contributed by atoms with Gasteiger partial charge >= 0.3 is 0 Å². The lowest BCUT2D eigenvalue weighted by Gasteiger charge is -2.14. The van der Waals surface area contributed by atoms with Crippen molar-refractivity contribution in [3.8, 4) is 17.2 Å². The van der Waals surface area contributed by atoms with Gasteiger partial charge in [0.25, 0.3) is 0 Å². The van der Waals surface area contributed by atoms with Crippen molar-refractivity contribution in [1.29, 1.82) is 0 Å². The largest absolute Gasteiger partial charge is 0.508 e. The van der Waals surface area contributed by atoms with Crippen LogP contribution in [0.2, 0.25) is 0 Å². The molecule has 5 rings (SSSR count). The normalized spacial score (nSPS) is 11.9. The van der Waals surface area contributed by atoms with Gasteiger partial charge in [-0.05, 0) is 60.9 Å². The highest BCUT2D eigenvalue weighted by Crippen LogP contribution is 2.32. The lowest BCUT2D eigenvalue weighted by atomic mass is 10.1. The van der Waals surface area contributed by atoms with Gasteiger partial charge in [-0.3, -0.25) is 4.79 Å². The van der Waals surface area contributed by atoms with E-state index in [0.29, 0.717) is 40.3 Å². The van der Waals surface area contributed by atoms with E-state index in [-0.39, 0.29) is 22.9 Å². The third-order valence-electron chi connectivity index (χ3n) is 7.05. The number of phenolic OH excluding ortho intramolecular Hbond substituents is 1. The van der Waals surface area contributed by atoms with Gasteiger partial charge in [0.1, 0.15) is 17.3 Å². The van der Waals surface area contributed by atoms with Crippen LogP contribution in [-0.4, -0.2) is 47.0 Å². The van der Waals surface area contributed by atoms with Gasteiger partial charge in [0.15, 0.2) is 9.84 Å². The van der Waals surface area contributed by atoms with Crippen LogP contribution in [0.3, 0.4) is 0 Å². The van der Waals surface area contributed by atoms with E-state index in [1.807, 2.05) is 54.0 Å². The SMILES string of the molecule is COc1ccc(Cn2c(C(=O)c3cnn(-c4c(C)ccc(O)c4C)c3N)cc3cccc(/C=C/S(C)(=O)=O)c32)cc1. The van der Waals surface area contributed by atoms with Gasteiger partial charge < -0.3 is 20.1 Å². The number of nitrogens with two attached hydrogens (primary N) is 1. The number of anilines is 1. The summed E-state index contributed by atoms with van der Waals surface area (Å²) in [6.07, 6.45) is 4.10. The molecule has 10 heteroatoms. The molecule has 0 amide bonds. The number of aromatic nitrogens is 3. The minimum atomic E-state index is -3.38. The molecule has 0 saturated heterocycles. The average Bonchev–Trinajstić information content (AvgIpc) is 3.50. The third kappa shape index (κ3) is 5.33. The zero-order valence-corrected chi connectivity index (χ0v) is 23.9. The fourth-order valence-electron chi connectivity index (χ4n) is 4.95. The molecule has 0 spiro atoms. The number of nitrogen functional groups attached to an aromatic ring is 1. The average molecular weight is 571 g/mol. The standard InChI is InChI=1S/C31H30N4O5S/c1-19-8-13-27(36)20(2)28(19)35-31(32)25(17-33-35)30(37)26-16-23-7-5-6-22(14-15-41(4,38)39)29(23)34(26)18-21-9-11-24(40-3)12-10-21/h5-17,36H,18,32H2,1-4H3/b15-14+. The highest BCUT2D eigenvalue weighted by atomic mass is 32.2. The summed E-state index contributed by atoms with van der Waals surface area (Å²) in [6, 6.07) is 18.1. The first-order chi connectivity index (χ1) is 19.5. The number of sulfone groups is 1. The van der Waals surface area contributed by atoms with Gasteiger partial charge in [0, 0.05) is 29.2 Å². The predicted octanol–water partition coefficient (Wildman–Crippen LogP) is 5.03. The summed E-state index contributed by atoms with van der Waals surface area (Å²) in [5.41, 5.74) is 11.4. The van der Waals surface area contributed by atoms with Gasteiger partial charge in [-0.1, -0.05) is 36.4 Å². The molecular weight excluding hydrogens is 540 g/mol. The second kappa shape index (κ2) is 10.6. The van der Waals surface area contributed by atoms with Gasteiger partial charge in [-0.15, -0.1) is 0 Å². The summed E-state index contributed by atoms with van der Waals surface area (Å²) in [4.78, 5) is 14.1. The third-order valence-corrected chi connectivity index (χ3v) is 7.68. The molecule has 0 atom stereocenters. The van der Waals surface area contributed by atoms with Crippen molar-refractivity contribution in [2.24, 2.45) is 0 Å². The number of ether oxygens (including phenoxy) is 1. The topological polar surface area (TPSA) is 129 Å². The Hall–Kier alpha value is -4.83. The first kappa shape index (κ1) is 27.7. The maximum atomic E-state index is 14.1. The Balaban J connectivity index is 1.68. The molecule has 41 heavy (non-hydrogen) atoms. The number of hydrogen-bond acceptors (Lipinski definition) is 7. The summed E-state index contributed by atoms with van der Waals surface area (Å²) in [6.45, 7) is 3.97. The van der Waals surface area contributed by atoms with Crippen molar-refractivity contribution >= 4 is 38.4 Å². The number of ketones is 1. The molecule has 0 aliphatic heterocycles. The van der Waals surface area contributed by atoms with E-state index in [2.05, 4.69) is 5.10 Å². The van der Waals surface area contributed by atoms with E-state index in [4.69, 9.17) is 10.5 Å². The van der Waals surface area contributed by atoms with Crippen LogP contribution in [0.4, 0.5) is 5.82 Å². The zero-order valence-electron chi connectivity index (χ0n) is 23.1. The molecule has 3 N–H and O–H groups in total. The van der Waals surface area contributed by atoms with Gasteiger partial charge in [-0.25, -0.2) is 13.1 Å². The van der Waals surface area contributed by atoms with Crippen molar-refractivity contribution in [1.82, 2.24) is 14.3 Å². The van der Waals surface area contributed by atoms with E-state index in [1.165, 1.54) is 17.0 Å². The van der Waals surface area contributed by atoms with Crippen LogP contribution in [0, 0.1) is 13.8 Å². The quantitative estimate of drug-likeness (QED) is 0.250. The Kier molecular flexibility index (Phi) is 7.18. The van der Waals surface area contributed by atoms with Crippen LogP contribution in [0.25, 0.3) is 22.7 Å². The van der Waals surface area contributed by atoms with E-state index >= 15 is 0 Å². The minimum Gasteiger partial charge on any atom is -0.508 e. The predicted molar refractivity (Wildman–Crippen MR) is 160 cm³/mol. The Morgan fingerprint density at radius 1 is 1.10 bits per heavy atom. The van der Waals surface area contributed by atoms with Crippen LogP contribution in [-0.2, 0) is 16.4 Å². The molecule has 0 fully saturated rings. The smallest absolute Gasteiger partial charge is 0.214 e. The van der Waals surface area contributed by atoms with E-state index in [1.54, 1.807) is 32.2 Å². The van der Waals surface area contributed by atoms with Crippen LogP contribution >= 0.6 is 0 Å². The first-order valence-electron chi connectivity index (χ1n) is 12.8. The van der Waals surface area contributed by atoms with Crippen molar-refractivity contribution in [3.63, 3.8) is 0 Å². The maximum absolute atomic E-state index is 14.1. The zero-order chi connectivity index (χ0) is 29.5. The number of phenols is 1. The van der Waals surface area contributed by atoms with Crippen LogP contribution in [0.1, 0.15) is 38.3 Å². The molecule has 0 aliphatic rings. The molecule has 2 aromatic heterocycles. The fourth-order valence-corrected chi connectivity index (χ4v) is 5.34. The minimum absolute atomic E-state index is 0.0997. The summed E-state index contributed by atoms with van der Waals surface area (Å²) < 4.78 is 32.4. The van der Waals surface area contributed by atoms with Gasteiger partial charge in [0.05, 0.1) is 35.8 Å². The number of rotatable bonds is 8. The number of para-hydroxylation sites is 1. The number of carbonyl (C=O) groups excluding carboxylic acids is 1. The second-order valence-electron chi connectivity index (χ2n) is 9.94. The van der Waals surface area contributed by atoms with E-state index in [0.717, 1.165) is 28.2 Å². The summed E-state index contributed by atoms with van der Waals surface area (Å²) in [5, 5.41) is 16.6. The van der Waals surface area contributed by atoms with Crippen molar-refractivity contribution in [2.75, 3.05) is 19.1 Å². The van der Waals surface area contributed by atoms with Crippen molar-refractivity contribution < 1.29 is 23.1 Å². The fraction of sp³-hybridized carbons (Fsp3) is 0.161. The summed E-state index contributed by atoms with van der Waals surface area (Å²) in [7, 11) is -1.79. The molecule has 0 bridgehead atoms. The number of fused-ring (bicyclic) bond motifs is 1. The lowest BCUT2D eigenvalue weighted by Crippen LogP contribution is -2.13. The Morgan fingerprint density at radius 2 is 1.83 bits per heavy atom. The van der Waals surface area contributed by atoms with Crippen molar-refractivity contribution in [3.05, 3.63) is 106 Å². The maximum Gasteiger partial charge on any atom is 0.214 e.